The number of anilines is 2. The van der Waals surface area contributed by atoms with Crippen LogP contribution in [0, 0.1) is 0 Å². The standard InChI is InChI=1S/C15H17N5O/c21-15(11-4-3-9-16-10-11)18-14-8-7-13(19-20-14)17-12-5-1-2-6-12/h3-4,7-10,12H,1-2,5-6H2,(H,17,19)(H,18,20,21). The molecule has 0 atom stereocenters. The van der Waals surface area contributed by atoms with Crippen molar-refractivity contribution in [3.05, 3.63) is 42.2 Å². The van der Waals surface area contributed by atoms with Gasteiger partial charge in [-0.2, -0.15) is 0 Å². The molecular weight excluding hydrogens is 266 g/mol. The number of carbonyl (C=O) groups excluding carboxylic acids is 1. The molecule has 1 amide bonds. The zero-order chi connectivity index (χ0) is 14.5. The zero-order valence-corrected chi connectivity index (χ0v) is 11.6. The molecule has 6 nitrogen and oxygen atoms in total. The first-order valence-corrected chi connectivity index (χ1v) is 7.13. The van der Waals surface area contributed by atoms with Crippen molar-refractivity contribution in [3.8, 4) is 0 Å². The van der Waals surface area contributed by atoms with E-state index in [-0.39, 0.29) is 5.91 Å². The molecule has 2 N–H and O–H groups in total. The lowest BCUT2D eigenvalue weighted by molar-refractivity contribution is 0.102. The van der Waals surface area contributed by atoms with Crippen LogP contribution in [0.2, 0.25) is 0 Å². The molecule has 1 aliphatic carbocycles. The third-order valence-corrected chi connectivity index (χ3v) is 3.54. The Balaban J connectivity index is 1.60. The number of nitrogens with one attached hydrogen (secondary N) is 2. The predicted molar refractivity (Wildman–Crippen MR) is 80.1 cm³/mol. The van der Waals surface area contributed by atoms with Crippen molar-refractivity contribution >= 4 is 17.5 Å². The van der Waals surface area contributed by atoms with Gasteiger partial charge in [0.15, 0.2) is 5.82 Å². The average Bonchev–Trinajstić information content (AvgIpc) is 3.03. The first-order valence-electron chi connectivity index (χ1n) is 7.13. The van der Waals surface area contributed by atoms with E-state index >= 15 is 0 Å². The van der Waals surface area contributed by atoms with Crippen LogP contribution in [0.25, 0.3) is 0 Å². The summed E-state index contributed by atoms with van der Waals surface area (Å²) in [4.78, 5) is 15.9. The van der Waals surface area contributed by atoms with Crippen LogP contribution in [0.4, 0.5) is 11.6 Å². The van der Waals surface area contributed by atoms with Gasteiger partial charge in [0.2, 0.25) is 0 Å². The molecule has 0 saturated heterocycles. The highest BCUT2D eigenvalue weighted by atomic mass is 16.1. The number of hydrogen-bond donors (Lipinski definition) is 2. The van der Waals surface area contributed by atoms with Crippen LogP contribution in [0.5, 0.6) is 0 Å². The fraction of sp³-hybridized carbons (Fsp3) is 0.333. The Kier molecular flexibility index (Phi) is 4.04. The summed E-state index contributed by atoms with van der Waals surface area (Å²) in [5, 5.41) is 14.2. The molecule has 108 valence electrons. The van der Waals surface area contributed by atoms with E-state index in [4.69, 9.17) is 0 Å². The van der Waals surface area contributed by atoms with E-state index in [1.807, 2.05) is 6.07 Å². The van der Waals surface area contributed by atoms with Gasteiger partial charge in [-0.1, -0.05) is 12.8 Å². The zero-order valence-electron chi connectivity index (χ0n) is 11.6. The molecule has 0 spiro atoms. The first-order chi connectivity index (χ1) is 10.3. The molecule has 3 rings (SSSR count). The van der Waals surface area contributed by atoms with E-state index in [1.54, 1.807) is 24.4 Å². The van der Waals surface area contributed by atoms with Gasteiger partial charge in [-0.15, -0.1) is 10.2 Å². The van der Waals surface area contributed by atoms with Crippen LogP contribution >= 0.6 is 0 Å². The Morgan fingerprint density at radius 2 is 1.86 bits per heavy atom. The van der Waals surface area contributed by atoms with Gasteiger partial charge in [0.1, 0.15) is 5.82 Å². The fourth-order valence-electron chi connectivity index (χ4n) is 2.44. The SMILES string of the molecule is O=C(Nc1ccc(NC2CCCC2)nn1)c1cccnc1. The highest BCUT2D eigenvalue weighted by Crippen LogP contribution is 2.21. The quantitative estimate of drug-likeness (QED) is 0.901. The summed E-state index contributed by atoms with van der Waals surface area (Å²) in [5.41, 5.74) is 0.493. The molecule has 6 heteroatoms. The average molecular weight is 283 g/mol. The third kappa shape index (κ3) is 3.53. The number of pyridine rings is 1. The summed E-state index contributed by atoms with van der Waals surface area (Å²) in [6, 6.07) is 7.50. The summed E-state index contributed by atoms with van der Waals surface area (Å²) in [7, 11) is 0. The van der Waals surface area contributed by atoms with Crippen molar-refractivity contribution in [1.82, 2.24) is 15.2 Å². The second-order valence-corrected chi connectivity index (χ2v) is 5.13. The maximum absolute atomic E-state index is 11.9. The van der Waals surface area contributed by atoms with E-state index in [1.165, 1.54) is 31.9 Å². The van der Waals surface area contributed by atoms with Crippen molar-refractivity contribution in [2.24, 2.45) is 0 Å². The summed E-state index contributed by atoms with van der Waals surface area (Å²) < 4.78 is 0. The van der Waals surface area contributed by atoms with Crippen molar-refractivity contribution in [3.63, 3.8) is 0 Å². The van der Waals surface area contributed by atoms with Gasteiger partial charge in [0.05, 0.1) is 5.56 Å². The third-order valence-electron chi connectivity index (χ3n) is 3.54. The van der Waals surface area contributed by atoms with Gasteiger partial charge >= 0.3 is 0 Å². The topological polar surface area (TPSA) is 79.8 Å². The maximum Gasteiger partial charge on any atom is 0.258 e. The number of rotatable bonds is 4. The maximum atomic E-state index is 11.9. The number of nitrogens with zero attached hydrogens (tertiary/aromatic N) is 3. The Bertz CT molecular complexity index is 593. The summed E-state index contributed by atoms with van der Waals surface area (Å²) in [5.74, 6) is 0.941. The minimum Gasteiger partial charge on any atom is -0.366 e. The van der Waals surface area contributed by atoms with Crippen LogP contribution in [-0.2, 0) is 0 Å². The van der Waals surface area contributed by atoms with Crippen LogP contribution in [0.15, 0.2) is 36.7 Å². The van der Waals surface area contributed by atoms with Crippen LogP contribution in [0.1, 0.15) is 36.0 Å². The van der Waals surface area contributed by atoms with E-state index in [0.29, 0.717) is 17.4 Å². The van der Waals surface area contributed by atoms with Crippen LogP contribution in [-0.4, -0.2) is 27.1 Å². The summed E-state index contributed by atoms with van der Waals surface area (Å²) >= 11 is 0. The molecule has 1 fully saturated rings. The Morgan fingerprint density at radius 1 is 1.10 bits per heavy atom. The number of hydrogen-bond acceptors (Lipinski definition) is 5. The van der Waals surface area contributed by atoms with Gasteiger partial charge in [-0.25, -0.2) is 0 Å². The molecule has 0 unspecified atom stereocenters. The minimum atomic E-state index is -0.242. The van der Waals surface area contributed by atoms with E-state index in [2.05, 4.69) is 25.8 Å². The fourth-order valence-corrected chi connectivity index (χ4v) is 2.44. The highest BCUT2D eigenvalue weighted by molar-refractivity contribution is 6.03. The van der Waals surface area contributed by atoms with Crippen molar-refractivity contribution in [2.45, 2.75) is 31.7 Å². The van der Waals surface area contributed by atoms with Crippen molar-refractivity contribution in [1.29, 1.82) is 0 Å². The molecule has 0 bridgehead atoms. The van der Waals surface area contributed by atoms with E-state index < -0.39 is 0 Å². The number of aromatic nitrogens is 3. The molecule has 21 heavy (non-hydrogen) atoms. The molecule has 0 radical (unpaired) electrons. The van der Waals surface area contributed by atoms with Crippen LogP contribution < -0.4 is 10.6 Å². The predicted octanol–water partition coefficient (Wildman–Crippen LogP) is 2.48. The smallest absolute Gasteiger partial charge is 0.258 e. The first kappa shape index (κ1) is 13.5. The van der Waals surface area contributed by atoms with E-state index in [9.17, 15) is 4.79 Å². The Hall–Kier alpha value is -2.50. The van der Waals surface area contributed by atoms with Crippen molar-refractivity contribution < 1.29 is 4.79 Å². The van der Waals surface area contributed by atoms with E-state index in [0.717, 1.165) is 5.82 Å². The normalized spacial score (nSPS) is 14.9. The van der Waals surface area contributed by atoms with Crippen molar-refractivity contribution in [2.75, 3.05) is 10.6 Å². The molecule has 2 aromatic rings. The lowest BCUT2D eigenvalue weighted by Gasteiger charge is -2.12. The number of carbonyl (C=O) groups is 1. The summed E-state index contributed by atoms with van der Waals surface area (Å²) in [6.45, 7) is 0. The molecular formula is C15H17N5O. The lowest BCUT2D eigenvalue weighted by atomic mass is 10.2. The summed E-state index contributed by atoms with van der Waals surface area (Å²) in [6.07, 6.45) is 8.04. The molecule has 1 aliphatic rings. The highest BCUT2D eigenvalue weighted by Gasteiger charge is 2.15. The van der Waals surface area contributed by atoms with Gasteiger partial charge in [0, 0.05) is 18.4 Å². The molecule has 2 aromatic heterocycles. The number of amides is 1. The second-order valence-electron chi connectivity index (χ2n) is 5.13. The molecule has 1 saturated carbocycles. The van der Waals surface area contributed by atoms with Gasteiger partial charge < -0.3 is 10.6 Å². The molecule has 0 aromatic carbocycles. The second kappa shape index (κ2) is 6.30. The molecule has 0 aliphatic heterocycles. The Labute approximate surface area is 123 Å². The van der Waals surface area contributed by atoms with Gasteiger partial charge in [-0.05, 0) is 37.1 Å². The van der Waals surface area contributed by atoms with Gasteiger partial charge in [-0.3, -0.25) is 9.78 Å². The van der Waals surface area contributed by atoms with Crippen LogP contribution in [0.3, 0.4) is 0 Å². The monoisotopic (exact) mass is 283 g/mol. The lowest BCUT2D eigenvalue weighted by Crippen LogP contribution is -2.17. The minimum absolute atomic E-state index is 0.242. The largest absolute Gasteiger partial charge is 0.366 e. The molecule has 2 heterocycles. The Morgan fingerprint density at radius 3 is 2.52 bits per heavy atom. The van der Waals surface area contributed by atoms with Gasteiger partial charge in [0.25, 0.3) is 5.91 Å².